The maximum absolute atomic E-state index is 13.1. The molecule has 2 aliphatic carbocycles. The highest BCUT2D eigenvalue weighted by molar-refractivity contribution is 5.87. The minimum atomic E-state index is -2.88. The topological polar surface area (TPSA) is 35.5 Å². The lowest BCUT2D eigenvalue weighted by atomic mass is 9.89. The van der Waals surface area contributed by atoms with E-state index in [0.717, 1.165) is 25.7 Å². The molecule has 2 saturated carbocycles. The lowest BCUT2D eigenvalue weighted by Gasteiger charge is -2.31. The van der Waals surface area contributed by atoms with Crippen molar-refractivity contribution in [3.8, 4) is 0 Å². The number of carbonyl (C=O) groups is 1. The van der Waals surface area contributed by atoms with Gasteiger partial charge in [0.05, 0.1) is 6.61 Å². The zero-order chi connectivity index (χ0) is 14.9. The second kappa shape index (κ2) is 5.80. The summed E-state index contributed by atoms with van der Waals surface area (Å²) in [6.07, 6.45) is 1.75. The Balaban J connectivity index is 1.91. The van der Waals surface area contributed by atoms with Crippen molar-refractivity contribution in [3.63, 3.8) is 0 Å². The quantitative estimate of drug-likeness (QED) is 0.426. The van der Waals surface area contributed by atoms with Gasteiger partial charge in [-0.3, -0.25) is 0 Å². The van der Waals surface area contributed by atoms with E-state index < -0.39 is 18.2 Å². The average molecular weight is 288 g/mol. The SMILES string of the molecule is C=C(C)C(=O)OC(C)(OCC1CC2CCC1C2)C(F)F. The first kappa shape index (κ1) is 15.4. The van der Waals surface area contributed by atoms with E-state index in [4.69, 9.17) is 9.47 Å². The van der Waals surface area contributed by atoms with Crippen LogP contribution >= 0.6 is 0 Å². The van der Waals surface area contributed by atoms with Gasteiger partial charge < -0.3 is 9.47 Å². The molecule has 5 heteroatoms. The van der Waals surface area contributed by atoms with Gasteiger partial charge in [0.15, 0.2) is 0 Å². The van der Waals surface area contributed by atoms with E-state index in [2.05, 4.69) is 6.58 Å². The van der Waals surface area contributed by atoms with Crippen molar-refractivity contribution >= 4 is 5.97 Å². The number of esters is 1. The molecule has 0 aromatic rings. The van der Waals surface area contributed by atoms with Crippen molar-refractivity contribution in [3.05, 3.63) is 12.2 Å². The van der Waals surface area contributed by atoms with Gasteiger partial charge in [0, 0.05) is 12.5 Å². The molecule has 0 saturated heterocycles. The molecule has 0 N–H and O–H groups in total. The van der Waals surface area contributed by atoms with Crippen molar-refractivity contribution in [2.75, 3.05) is 6.61 Å². The number of alkyl halides is 2. The molecule has 0 amide bonds. The highest BCUT2D eigenvalue weighted by Crippen LogP contribution is 2.48. The van der Waals surface area contributed by atoms with Gasteiger partial charge in [-0.05, 0) is 43.9 Å². The first-order valence-electron chi connectivity index (χ1n) is 7.12. The first-order chi connectivity index (χ1) is 9.32. The maximum atomic E-state index is 13.1. The Bertz CT molecular complexity index is 397. The highest BCUT2D eigenvalue weighted by atomic mass is 19.3. The minimum absolute atomic E-state index is 0.0837. The zero-order valence-corrected chi connectivity index (χ0v) is 12.0. The van der Waals surface area contributed by atoms with Crippen LogP contribution in [0.3, 0.4) is 0 Å². The summed E-state index contributed by atoms with van der Waals surface area (Å²) in [5.41, 5.74) is 0.0837. The van der Waals surface area contributed by atoms with Gasteiger partial charge in [-0.15, -0.1) is 0 Å². The van der Waals surface area contributed by atoms with Crippen LogP contribution in [0.5, 0.6) is 0 Å². The Hall–Kier alpha value is -0.970. The van der Waals surface area contributed by atoms with E-state index in [1.165, 1.54) is 19.8 Å². The lowest BCUT2D eigenvalue weighted by molar-refractivity contribution is -0.274. The third kappa shape index (κ3) is 3.19. The number of rotatable bonds is 6. The van der Waals surface area contributed by atoms with Crippen LogP contribution in [0, 0.1) is 17.8 Å². The van der Waals surface area contributed by atoms with Crippen LogP contribution in [0.25, 0.3) is 0 Å². The molecule has 2 aliphatic rings. The molecule has 114 valence electrons. The number of ether oxygens (including phenoxy) is 2. The van der Waals surface area contributed by atoms with Crippen molar-refractivity contribution in [2.45, 2.75) is 51.7 Å². The van der Waals surface area contributed by atoms with Crippen LogP contribution in [-0.4, -0.2) is 24.8 Å². The summed E-state index contributed by atoms with van der Waals surface area (Å²) < 4.78 is 36.4. The Labute approximate surface area is 118 Å². The van der Waals surface area contributed by atoms with Crippen molar-refractivity contribution < 1.29 is 23.0 Å². The van der Waals surface area contributed by atoms with Gasteiger partial charge in [0.1, 0.15) is 0 Å². The molecule has 2 rings (SSSR count). The highest BCUT2D eigenvalue weighted by Gasteiger charge is 2.44. The van der Waals surface area contributed by atoms with E-state index in [1.54, 1.807) is 0 Å². The molecule has 0 radical (unpaired) electrons. The first-order valence-corrected chi connectivity index (χ1v) is 7.12. The number of hydrogen-bond donors (Lipinski definition) is 0. The summed E-state index contributed by atoms with van der Waals surface area (Å²) in [5.74, 6) is -1.41. The molecule has 0 aromatic heterocycles. The predicted octanol–water partition coefficient (Wildman–Crippen LogP) is 3.54. The molecule has 4 atom stereocenters. The van der Waals surface area contributed by atoms with E-state index >= 15 is 0 Å². The molecule has 0 spiro atoms. The third-order valence-corrected chi connectivity index (χ3v) is 4.51. The number of fused-ring (bicyclic) bond motifs is 2. The Morgan fingerprint density at radius 1 is 1.40 bits per heavy atom. The third-order valence-electron chi connectivity index (χ3n) is 4.51. The monoisotopic (exact) mass is 288 g/mol. The molecule has 2 fully saturated rings. The largest absolute Gasteiger partial charge is 0.424 e. The lowest BCUT2D eigenvalue weighted by Crippen LogP contribution is -2.43. The van der Waals surface area contributed by atoms with E-state index in [9.17, 15) is 13.6 Å². The smallest absolute Gasteiger partial charge is 0.335 e. The number of hydrogen-bond acceptors (Lipinski definition) is 3. The Morgan fingerprint density at radius 3 is 2.55 bits per heavy atom. The Morgan fingerprint density at radius 2 is 2.10 bits per heavy atom. The molecule has 3 nitrogen and oxygen atoms in total. The molecule has 0 heterocycles. The summed E-state index contributed by atoms with van der Waals surface area (Å²) in [6, 6.07) is 0. The zero-order valence-electron chi connectivity index (χ0n) is 12.0. The van der Waals surface area contributed by atoms with Crippen molar-refractivity contribution in [1.82, 2.24) is 0 Å². The van der Waals surface area contributed by atoms with E-state index in [1.807, 2.05) is 0 Å². The van der Waals surface area contributed by atoms with Crippen LogP contribution in [0.15, 0.2) is 12.2 Å². The molecule has 2 bridgehead atoms. The number of halogens is 2. The normalized spacial score (nSPS) is 31.4. The second-order valence-electron chi connectivity index (χ2n) is 6.23. The molecule has 4 unspecified atom stereocenters. The van der Waals surface area contributed by atoms with Gasteiger partial charge in [0.25, 0.3) is 5.79 Å². The Kier molecular flexibility index (Phi) is 4.47. The van der Waals surface area contributed by atoms with Crippen molar-refractivity contribution in [1.29, 1.82) is 0 Å². The van der Waals surface area contributed by atoms with Gasteiger partial charge in [-0.25, -0.2) is 13.6 Å². The average Bonchev–Trinajstić information content (AvgIpc) is 2.98. The summed E-state index contributed by atoms with van der Waals surface area (Å²) in [7, 11) is 0. The van der Waals surface area contributed by atoms with E-state index in [-0.39, 0.29) is 12.2 Å². The molecular formula is C15H22F2O3. The van der Waals surface area contributed by atoms with Crippen LogP contribution in [0.1, 0.15) is 39.5 Å². The molecule has 0 aliphatic heterocycles. The summed E-state index contributed by atoms with van der Waals surface area (Å²) in [6.45, 7) is 6.16. The maximum Gasteiger partial charge on any atom is 0.335 e. The van der Waals surface area contributed by atoms with Gasteiger partial charge >= 0.3 is 12.4 Å². The van der Waals surface area contributed by atoms with Gasteiger partial charge in [-0.1, -0.05) is 13.0 Å². The van der Waals surface area contributed by atoms with Crippen LogP contribution < -0.4 is 0 Å². The van der Waals surface area contributed by atoms with Crippen LogP contribution in [0.2, 0.25) is 0 Å². The van der Waals surface area contributed by atoms with Gasteiger partial charge in [-0.2, -0.15) is 0 Å². The number of carbonyl (C=O) groups excluding carboxylic acids is 1. The van der Waals surface area contributed by atoms with Crippen molar-refractivity contribution in [2.24, 2.45) is 17.8 Å². The summed E-state index contributed by atoms with van der Waals surface area (Å²) in [4.78, 5) is 11.5. The predicted molar refractivity (Wildman–Crippen MR) is 70.2 cm³/mol. The summed E-state index contributed by atoms with van der Waals surface area (Å²) >= 11 is 0. The fourth-order valence-electron chi connectivity index (χ4n) is 3.26. The standard InChI is InChI=1S/C15H22F2O3/c1-9(2)13(18)20-15(3,14(16)17)19-8-12-7-10-4-5-11(12)6-10/h10-12,14H,1,4-8H2,2-3H3. The minimum Gasteiger partial charge on any atom is -0.424 e. The second-order valence-corrected chi connectivity index (χ2v) is 6.23. The van der Waals surface area contributed by atoms with E-state index in [0.29, 0.717) is 11.8 Å². The fourth-order valence-corrected chi connectivity index (χ4v) is 3.26. The van der Waals surface area contributed by atoms with Crippen LogP contribution in [0.4, 0.5) is 8.78 Å². The molecule has 20 heavy (non-hydrogen) atoms. The molecule has 0 aromatic carbocycles. The molecular weight excluding hydrogens is 266 g/mol. The van der Waals surface area contributed by atoms with Gasteiger partial charge in [0.2, 0.25) is 0 Å². The van der Waals surface area contributed by atoms with Crippen LogP contribution in [-0.2, 0) is 14.3 Å². The fraction of sp³-hybridized carbons (Fsp3) is 0.800. The summed E-state index contributed by atoms with van der Waals surface area (Å²) in [5, 5.41) is 0.